The number of amides is 1. The molecule has 0 spiro atoms. The van der Waals surface area contributed by atoms with Gasteiger partial charge in [-0.15, -0.1) is 0 Å². The molecular weight excluding hydrogens is 424 g/mol. The third kappa shape index (κ3) is 5.39. The maximum absolute atomic E-state index is 12.6. The van der Waals surface area contributed by atoms with Crippen molar-refractivity contribution in [2.24, 2.45) is 17.6 Å². The van der Waals surface area contributed by atoms with Gasteiger partial charge >= 0.3 is 0 Å². The van der Waals surface area contributed by atoms with E-state index in [-0.39, 0.29) is 17.9 Å². The highest BCUT2D eigenvalue weighted by Gasteiger charge is 2.30. The van der Waals surface area contributed by atoms with E-state index in [1.54, 1.807) is 36.6 Å². The molecule has 0 radical (unpaired) electrons. The minimum absolute atomic E-state index is 0.203. The van der Waals surface area contributed by atoms with Crippen molar-refractivity contribution in [3.8, 4) is 0 Å². The fourth-order valence-corrected chi connectivity index (χ4v) is 4.91. The number of hydrogen-bond acceptors (Lipinski definition) is 7. The molecule has 1 saturated carbocycles. The Labute approximate surface area is 185 Å². The molecule has 2 aliphatic rings. The van der Waals surface area contributed by atoms with Gasteiger partial charge < -0.3 is 20.7 Å². The average Bonchev–Trinajstić information content (AvgIpc) is 3.20. The van der Waals surface area contributed by atoms with Crippen LogP contribution >= 0.6 is 22.9 Å². The Hall–Kier alpha value is -1.96. The summed E-state index contributed by atoms with van der Waals surface area (Å²) in [5.74, 6) is 2.61. The van der Waals surface area contributed by atoms with Crippen molar-refractivity contribution >= 4 is 39.9 Å². The van der Waals surface area contributed by atoms with Gasteiger partial charge in [-0.05, 0) is 36.8 Å². The fraction of sp³-hybridized carbons (Fsp3) is 0.524. The van der Waals surface area contributed by atoms with Gasteiger partial charge in [0.2, 0.25) is 5.91 Å². The largest absolute Gasteiger partial charge is 0.382 e. The van der Waals surface area contributed by atoms with Gasteiger partial charge in [-0.2, -0.15) is 0 Å². The van der Waals surface area contributed by atoms with Crippen LogP contribution in [0.1, 0.15) is 43.5 Å². The number of carbonyl (C=O) groups excluding carboxylic acids is 2. The topological polar surface area (TPSA) is 97.5 Å². The van der Waals surface area contributed by atoms with Crippen LogP contribution in [0.3, 0.4) is 0 Å². The van der Waals surface area contributed by atoms with Crippen molar-refractivity contribution in [1.29, 1.82) is 0 Å². The summed E-state index contributed by atoms with van der Waals surface area (Å²) in [7, 11) is 1.58. The lowest BCUT2D eigenvalue weighted by molar-refractivity contribution is -0.118. The first-order valence-electron chi connectivity index (χ1n) is 10.0. The first-order chi connectivity index (χ1) is 14.4. The number of nitrogens with zero attached hydrogens (tertiary/aromatic N) is 2. The molecule has 3 N–H and O–H groups in total. The number of thiazole rings is 1. The van der Waals surface area contributed by atoms with Crippen LogP contribution in [-0.2, 0) is 14.3 Å². The number of allylic oxidation sites excluding steroid dienone is 3. The molecule has 0 aromatic carbocycles. The van der Waals surface area contributed by atoms with Crippen molar-refractivity contribution < 1.29 is 14.3 Å². The minimum atomic E-state index is -0.543. The monoisotopic (exact) mass is 450 g/mol. The molecule has 1 aromatic rings. The van der Waals surface area contributed by atoms with Crippen LogP contribution in [0.25, 0.3) is 0 Å². The highest BCUT2D eigenvalue weighted by molar-refractivity contribution is 7.15. The van der Waals surface area contributed by atoms with E-state index < -0.39 is 6.04 Å². The maximum Gasteiger partial charge on any atom is 0.243 e. The molecule has 0 unspecified atom stereocenters. The number of nitrogens with two attached hydrogens (primary N) is 1. The Bertz CT molecular complexity index is 869. The van der Waals surface area contributed by atoms with Gasteiger partial charge in [-0.1, -0.05) is 42.7 Å². The first-order valence-corrected chi connectivity index (χ1v) is 11.2. The van der Waals surface area contributed by atoms with Crippen LogP contribution in [0, 0.1) is 11.8 Å². The second-order valence-corrected chi connectivity index (χ2v) is 9.31. The normalized spacial score (nSPS) is 23.5. The molecule has 0 bridgehead atoms. The van der Waals surface area contributed by atoms with Crippen LogP contribution in [0.2, 0.25) is 0 Å². The zero-order valence-corrected chi connectivity index (χ0v) is 18.7. The molecular formula is C21H27ClN4O3S. The van der Waals surface area contributed by atoms with E-state index in [4.69, 9.17) is 22.1 Å². The summed E-state index contributed by atoms with van der Waals surface area (Å²) in [6.45, 7) is 2.54. The van der Waals surface area contributed by atoms with Gasteiger partial charge in [0.05, 0.1) is 28.6 Å². The summed E-state index contributed by atoms with van der Waals surface area (Å²) in [5.41, 5.74) is 6.57. The second-order valence-electron chi connectivity index (χ2n) is 7.82. The quantitative estimate of drug-likeness (QED) is 0.616. The summed E-state index contributed by atoms with van der Waals surface area (Å²) >= 11 is 7.44. The number of nitrogens with one attached hydrogen (secondary N) is 1. The van der Waals surface area contributed by atoms with Crippen LogP contribution < -0.4 is 11.1 Å². The lowest BCUT2D eigenvalue weighted by Gasteiger charge is -2.30. The van der Waals surface area contributed by atoms with Crippen molar-refractivity contribution in [1.82, 2.24) is 9.88 Å². The Morgan fingerprint density at radius 3 is 2.83 bits per heavy atom. The molecule has 7 nitrogen and oxygen atoms in total. The molecule has 1 aliphatic carbocycles. The zero-order valence-electron chi connectivity index (χ0n) is 17.1. The van der Waals surface area contributed by atoms with E-state index in [0.717, 1.165) is 30.6 Å². The number of anilines is 1. The molecule has 3 rings (SSSR count). The van der Waals surface area contributed by atoms with Crippen molar-refractivity contribution in [3.63, 3.8) is 0 Å². The zero-order chi connectivity index (χ0) is 21.7. The van der Waals surface area contributed by atoms with E-state index in [0.29, 0.717) is 28.4 Å². The molecule has 9 heteroatoms. The number of aromatic nitrogens is 1. The Morgan fingerprint density at radius 1 is 1.43 bits per heavy atom. The molecule has 1 amide bonds. The van der Waals surface area contributed by atoms with Crippen molar-refractivity contribution in [2.75, 3.05) is 19.0 Å². The summed E-state index contributed by atoms with van der Waals surface area (Å²) in [6.07, 6.45) is 10.7. The minimum Gasteiger partial charge on any atom is -0.382 e. The maximum atomic E-state index is 12.6. The highest BCUT2D eigenvalue weighted by Crippen LogP contribution is 2.34. The molecule has 1 aliphatic heterocycles. The SMILES string of the molecule is COC[C@H](c1cnc(NC(=O)[C@@H](N)C2CCC(C)CC2)s1)N1C=C(Cl)C=CC1=C=O. The third-order valence-electron chi connectivity index (χ3n) is 5.66. The van der Waals surface area contributed by atoms with E-state index in [2.05, 4.69) is 17.2 Å². The smallest absolute Gasteiger partial charge is 0.243 e. The number of methoxy groups -OCH3 is 1. The Balaban J connectivity index is 1.71. The van der Waals surface area contributed by atoms with Gasteiger partial charge in [0, 0.05) is 19.5 Å². The molecule has 1 aromatic heterocycles. The first kappa shape index (κ1) is 22.7. The summed E-state index contributed by atoms with van der Waals surface area (Å²) in [4.78, 5) is 30.9. The van der Waals surface area contributed by atoms with Gasteiger partial charge in [0.1, 0.15) is 5.70 Å². The van der Waals surface area contributed by atoms with E-state index in [1.807, 2.05) is 5.94 Å². The van der Waals surface area contributed by atoms with E-state index in [9.17, 15) is 9.59 Å². The average molecular weight is 451 g/mol. The third-order valence-corrected chi connectivity index (χ3v) is 6.90. The van der Waals surface area contributed by atoms with Crippen LogP contribution in [0.15, 0.2) is 35.3 Å². The van der Waals surface area contributed by atoms with Crippen molar-refractivity contribution in [2.45, 2.75) is 44.7 Å². The van der Waals surface area contributed by atoms with Crippen LogP contribution in [-0.4, -0.2) is 41.5 Å². The number of rotatable bonds is 7. The van der Waals surface area contributed by atoms with Gasteiger partial charge in [0.15, 0.2) is 11.1 Å². The summed E-state index contributed by atoms with van der Waals surface area (Å²) < 4.78 is 5.35. The lowest BCUT2D eigenvalue weighted by Crippen LogP contribution is -2.43. The number of ether oxygens (including phenoxy) is 1. The molecule has 2 atom stereocenters. The van der Waals surface area contributed by atoms with Gasteiger partial charge in [-0.25, -0.2) is 9.78 Å². The number of carbonyl (C=O) groups is 1. The Morgan fingerprint density at radius 2 is 2.17 bits per heavy atom. The summed E-state index contributed by atoms with van der Waals surface area (Å²) in [5, 5.41) is 3.80. The fourth-order valence-electron chi connectivity index (χ4n) is 3.84. The van der Waals surface area contributed by atoms with E-state index in [1.165, 1.54) is 11.3 Å². The second kappa shape index (κ2) is 10.4. The molecule has 0 saturated heterocycles. The number of hydrogen-bond donors (Lipinski definition) is 2. The Kier molecular flexibility index (Phi) is 7.86. The highest BCUT2D eigenvalue weighted by atomic mass is 35.5. The summed E-state index contributed by atoms with van der Waals surface area (Å²) in [6, 6.07) is -0.875. The molecule has 30 heavy (non-hydrogen) atoms. The van der Waals surface area contributed by atoms with Crippen molar-refractivity contribution in [3.05, 3.63) is 40.2 Å². The molecule has 162 valence electrons. The van der Waals surface area contributed by atoms with Gasteiger partial charge in [-0.3, -0.25) is 4.79 Å². The molecule has 2 heterocycles. The molecule has 1 fully saturated rings. The predicted molar refractivity (Wildman–Crippen MR) is 119 cm³/mol. The predicted octanol–water partition coefficient (Wildman–Crippen LogP) is 3.59. The lowest BCUT2D eigenvalue weighted by atomic mass is 9.79. The van der Waals surface area contributed by atoms with Crippen LogP contribution in [0.4, 0.5) is 5.13 Å². The standard InChI is InChI=1S/C21H27ClN4O3S/c1-13-3-5-14(6-4-13)19(23)20(28)25-21-24-9-18(30-21)17(12-29-2)26-10-15(22)7-8-16(26)11-27/h7-10,13-14,17,19H,3-6,12,23H2,1-2H3,(H,24,25,28)/t13?,14?,17-,19+/m1/s1. The number of halogens is 1. The van der Waals surface area contributed by atoms with Crippen LogP contribution in [0.5, 0.6) is 0 Å². The van der Waals surface area contributed by atoms with Gasteiger partial charge in [0.25, 0.3) is 0 Å². The van der Waals surface area contributed by atoms with E-state index >= 15 is 0 Å².